The largest absolute Gasteiger partial charge is 0.393 e. The second-order valence-corrected chi connectivity index (χ2v) is 7.50. The Bertz CT molecular complexity index is 671. The molecule has 144 valence electrons. The van der Waals surface area contributed by atoms with E-state index in [-0.39, 0.29) is 11.6 Å². The smallest absolute Gasteiger partial charge is 0.319 e. The Morgan fingerprint density at radius 2 is 2.04 bits per heavy atom. The Balaban J connectivity index is 2.84. The lowest BCUT2D eigenvalue weighted by Crippen LogP contribution is -2.57. The molecule has 0 aliphatic carbocycles. The highest BCUT2D eigenvalue weighted by Crippen LogP contribution is 2.19. The number of halogens is 2. The van der Waals surface area contributed by atoms with Crippen molar-refractivity contribution in [2.45, 2.75) is 38.8 Å². The van der Waals surface area contributed by atoms with Crippen molar-refractivity contribution in [2.75, 3.05) is 11.9 Å². The SMILES string of the molecule is CC(C)C[C@H](NC(=O)Nc1ccc(Br)cc1F)C(=O)N[C@](C)(C=O)CO. The van der Waals surface area contributed by atoms with E-state index < -0.39 is 35.9 Å². The van der Waals surface area contributed by atoms with Crippen LogP contribution in [0.5, 0.6) is 0 Å². The van der Waals surface area contributed by atoms with E-state index >= 15 is 0 Å². The number of hydrogen-bond acceptors (Lipinski definition) is 4. The number of amides is 3. The van der Waals surface area contributed by atoms with Crippen molar-refractivity contribution in [1.29, 1.82) is 0 Å². The highest BCUT2D eigenvalue weighted by molar-refractivity contribution is 9.10. The van der Waals surface area contributed by atoms with Gasteiger partial charge in [0.25, 0.3) is 0 Å². The number of aliphatic hydroxyl groups is 1. The van der Waals surface area contributed by atoms with Crippen LogP contribution >= 0.6 is 15.9 Å². The third kappa shape index (κ3) is 6.72. The van der Waals surface area contributed by atoms with Crippen LogP contribution in [0.2, 0.25) is 0 Å². The van der Waals surface area contributed by atoms with E-state index in [4.69, 9.17) is 0 Å². The van der Waals surface area contributed by atoms with Gasteiger partial charge in [0, 0.05) is 4.47 Å². The third-order valence-corrected chi connectivity index (χ3v) is 4.00. The molecule has 0 unspecified atom stereocenters. The lowest BCUT2D eigenvalue weighted by atomic mass is 10.0. The fraction of sp³-hybridized carbons (Fsp3) is 0.471. The minimum atomic E-state index is -1.44. The van der Waals surface area contributed by atoms with Gasteiger partial charge in [-0.15, -0.1) is 0 Å². The van der Waals surface area contributed by atoms with Gasteiger partial charge >= 0.3 is 6.03 Å². The van der Waals surface area contributed by atoms with E-state index in [1.54, 1.807) is 6.07 Å². The van der Waals surface area contributed by atoms with E-state index in [0.717, 1.165) is 0 Å². The molecule has 7 nitrogen and oxygen atoms in total. The number of rotatable bonds is 8. The van der Waals surface area contributed by atoms with Crippen LogP contribution in [0.25, 0.3) is 0 Å². The Morgan fingerprint density at radius 1 is 1.38 bits per heavy atom. The number of urea groups is 1. The van der Waals surface area contributed by atoms with Crippen LogP contribution in [-0.2, 0) is 9.59 Å². The summed E-state index contributed by atoms with van der Waals surface area (Å²) in [6.45, 7) is 4.51. The summed E-state index contributed by atoms with van der Waals surface area (Å²) >= 11 is 3.12. The maximum Gasteiger partial charge on any atom is 0.319 e. The summed E-state index contributed by atoms with van der Waals surface area (Å²) in [6.07, 6.45) is 0.719. The van der Waals surface area contributed by atoms with E-state index in [1.807, 2.05) is 13.8 Å². The van der Waals surface area contributed by atoms with Gasteiger partial charge in [0.05, 0.1) is 12.3 Å². The Kier molecular flexibility index (Phi) is 8.16. The molecule has 0 bridgehead atoms. The number of benzene rings is 1. The molecule has 9 heteroatoms. The third-order valence-electron chi connectivity index (χ3n) is 3.51. The van der Waals surface area contributed by atoms with Crippen LogP contribution in [-0.4, -0.2) is 41.5 Å². The van der Waals surface area contributed by atoms with E-state index in [1.165, 1.54) is 19.1 Å². The van der Waals surface area contributed by atoms with Crippen molar-refractivity contribution in [1.82, 2.24) is 10.6 Å². The van der Waals surface area contributed by atoms with Crippen LogP contribution in [0, 0.1) is 11.7 Å². The fourth-order valence-corrected chi connectivity index (χ4v) is 2.42. The summed E-state index contributed by atoms with van der Waals surface area (Å²) in [5.41, 5.74) is -1.48. The van der Waals surface area contributed by atoms with Crippen molar-refractivity contribution >= 4 is 39.8 Å². The van der Waals surface area contributed by atoms with Crippen molar-refractivity contribution in [2.24, 2.45) is 5.92 Å². The molecule has 0 spiro atoms. The molecule has 0 radical (unpaired) electrons. The molecule has 0 saturated heterocycles. The molecule has 0 heterocycles. The number of aliphatic hydroxyl groups excluding tert-OH is 1. The average Bonchev–Trinajstić information content (AvgIpc) is 2.56. The molecule has 3 amide bonds. The van der Waals surface area contributed by atoms with E-state index in [9.17, 15) is 23.9 Å². The zero-order valence-corrected chi connectivity index (χ0v) is 16.4. The first-order valence-corrected chi connectivity index (χ1v) is 8.81. The van der Waals surface area contributed by atoms with Gasteiger partial charge in [-0.1, -0.05) is 29.8 Å². The number of carbonyl (C=O) groups is 3. The van der Waals surface area contributed by atoms with Crippen molar-refractivity contribution < 1.29 is 23.9 Å². The number of anilines is 1. The number of carbonyl (C=O) groups excluding carboxylic acids is 3. The number of hydrogen-bond donors (Lipinski definition) is 4. The molecule has 0 fully saturated rings. The first-order chi connectivity index (χ1) is 12.1. The standard InChI is InChI=1S/C17H23BrFN3O4/c1-10(2)6-14(15(25)22-17(3,8-23)9-24)21-16(26)20-13-5-4-11(18)7-12(13)19/h4-5,7-8,10,14,24H,6,9H2,1-3H3,(H,22,25)(H2,20,21,26)/t14-,17+/m0/s1. The van der Waals surface area contributed by atoms with Gasteiger partial charge < -0.3 is 25.9 Å². The monoisotopic (exact) mass is 431 g/mol. The predicted octanol–water partition coefficient (Wildman–Crippen LogP) is 2.19. The summed E-state index contributed by atoms with van der Waals surface area (Å²) in [6, 6.07) is 2.42. The van der Waals surface area contributed by atoms with E-state index in [2.05, 4.69) is 31.9 Å². The van der Waals surface area contributed by atoms with Crippen LogP contribution in [0.4, 0.5) is 14.9 Å². The molecular formula is C17H23BrFN3O4. The Morgan fingerprint density at radius 3 is 2.54 bits per heavy atom. The van der Waals surface area contributed by atoms with Crippen LogP contribution in [0.15, 0.2) is 22.7 Å². The van der Waals surface area contributed by atoms with Gasteiger partial charge in [0.2, 0.25) is 5.91 Å². The molecule has 0 aromatic heterocycles. The first kappa shape index (κ1) is 22.0. The lowest BCUT2D eigenvalue weighted by molar-refractivity contribution is -0.129. The molecular weight excluding hydrogens is 409 g/mol. The Labute approximate surface area is 159 Å². The van der Waals surface area contributed by atoms with Gasteiger partial charge in [-0.05, 0) is 37.5 Å². The predicted molar refractivity (Wildman–Crippen MR) is 99.2 cm³/mol. The Hall–Kier alpha value is -2.00. The molecule has 0 aliphatic heterocycles. The van der Waals surface area contributed by atoms with Crippen LogP contribution in [0.1, 0.15) is 27.2 Å². The molecule has 1 aromatic carbocycles. The van der Waals surface area contributed by atoms with Crippen molar-refractivity contribution in [3.8, 4) is 0 Å². The normalized spacial score (nSPS) is 14.3. The summed E-state index contributed by atoms with van der Waals surface area (Å²) in [5, 5.41) is 16.5. The van der Waals surface area contributed by atoms with Gasteiger partial charge in [-0.2, -0.15) is 0 Å². The van der Waals surface area contributed by atoms with Gasteiger partial charge in [-0.25, -0.2) is 9.18 Å². The second kappa shape index (κ2) is 9.63. The van der Waals surface area contributed by atoms with Crippen molar-refractivity contribution in [3.63, 3.8) is 0 Å². The summed E-state index contributed by atoms with van der Waals surface area (Å²) in [5.74, 6) is -1.19. The summed E-state index contributed by atoms with van der Waals surface area (Å²) in [4.78, 5) is 35.6. The van der Waals surface area contributed by atoms with Crippen LogP contribution in [0.3, 0.4) is 0 Å². The summed E-state index contributed by atoms with van der Waals surface area (Å²) < 4.78 is 14.3. The highest BCUT2D eigenvalue weighted by atomic mass is 79.9. The molecule has 4 N–H and O–H groups in total. The average molecular weight is 432 g/mol. The molecule has 1 aromatic rings. The first-order valence-electron chi connectivity index (χ1n) is 8.02. The van der Waals surface area contributed by atoms with Gasteiger partial charge in [0.1, 0.15) is 23.7 Å². The number of aldehydes is 1. The molecule has 2 atom stereocenters. The zero-order chi connectivity index (χ0) is 19.9. The molecule has 1 rings (SSSR count). The topological polar surface area (TPSA) is 108 Å². The quantitative estimate of drug-likeness (QED) is 0.473. The molecule has 0 aliphatic rings. The zero-order valence-electron chi connectivity index (χ0n) is 14.8. The van der Waals surface area contributed by atoms with Gasteiger partial charge in [0.15, 0.2) is 0 Å². The maximum atomic E-state index is 13.8. The maximum absolute atomic E-state index is 13.8. The number of nitrogens with one attached hydrogen (secondary N) is 3. The van der Waals surface area contributed by atoms with Crippen LogP contribution < -0.4 is 16.0 Å². The molecule has 0 saturated carbocycles. The minimum absolute atomic E-state index is 0.0394. The molecule has 26 heavy (non-hydrogen) atoms. The second-order valence-electron chi connectivity index (χ2n) is 6.59. The summed E-state index contributed by atoms with van der Waals surface area (Å²) in [7, 11) is 0. The minimum Gasteiger partial charge on any atom is -0.393 e. The highest BCUT2D eigenvalue weighted by Gasteiger charge is 2.30. The lowest BCUT2D eigenvalue weighted by Gasteiger charge is -2.27. The van der Waals surface area contributed by atoms with Crippen molar-refractivity contribution in [3.05, 3.63) is 28.5 Å². The van der Waals surface area contributed by atoms with E-state index in [0.29, 0.717) is 17.2 Å². The van der Waals surface area contributed by atoms with Gasteiger partial charge in [-0.3, -0.25) is 4.79 Å². The fourth-order valence-electron chi connectivity index (χ4n) is 2.09.